The highest BCUT2D eigenvalue weighted by molar-refractivity contribution is 5.79. The number of fused-ring (bicyclic) bond motifs is 1. The highest BCUT2D eigenvalue weighted by atomic mass is 19.1. The zero-order chi connectivity index (χ0) is 19.1. The number of carbonyl (C=O) groups is 1. The monoisotopic (exact) mass is 372 g/mol. The van der Waals surface area contributed by atoms with E-state index < -0.39 is 0 Å². The van der Waals surface area contributed by atoms with Gasteiger partial charge in [-0.15, -0.1) is 0 Å². The van der Waals surface area contributed by atoms with Crippen molar-refractivity contribution in [3.05, 3.63) is 52.2 Å². The lowest BCUT2D eigenvalue weighted by Crippen LogP contribution is -2.48. The SMILES string of the molecule is Cc1cc(CC(=O)N2CCC3NNC(c4c(C)noc4C)C3C2)ccc1F. The van der Waals surface area contributed by atoms with E-state index in [9.17, 15) is 9.18 Å². The number of piperidine rings is 1. The quantitative estimate of drug-likeness (QED) is 0.866. The van der Waals surface area contributed by atoms with Gasteiger partial charge in [0.15, 0.2) is 0 Å². The van der Waals surface area contributed by atoms with Gasteiger partial charge in [-0.1, -0.05) is 17.3 Å². The molecule has 7 heteroatoms. The number of amides is 1. The number of halogens is 1. The number of aromatic nitrogens is 1. The molecule has 3 unspecified atom stereocenters. The summed E-state index contributed by atoms with van der Waals surface area (Å²) < 4.78 is 18.8. The van der Waals surface area contributed by atoms with Crippen LogP contribution < -0.4 is 10.9 Å². The van der Waals surface area contributed by atoms with Crippen molar-refractivity contribution in [1.82, 2.24) is 20.9 Å². The first-order chi connectivity index (χ1) is 12.9. The van der Waals surface area contributed by atoms with Gasteiger partial charge in [-0.05, 0) is 44.4 Å². The molecule has 4 rings (SSSR count). The summed E-state index contributed by atoms with van der Waals surface area (Å²) >= 11 is 0. The minimum atomic E-state index is -0.238. The van der Waals surface area contributed by atoms with Crippen LogP contribution in [0.2, 0.25) is 0 Å². The molecule has 2 fully saturated rings. The van der Waals surface area contributed by atoms with E-state index in [4.69, 9.17) is 4.52 Å². The second kappa shape index (κ2) is 7.05. The van der Waals surface area contributed by atoms with E-state index in [-0.39, 0.29) is 23.7 Å². The largest absolute Gasteiger partial charge is 0.361 e. The van der Waals surface area contributed by atoms with Gasteiger partial charge in [-0.3, -0.25) is 10.2 Å². The topological polar surface area (TPSA) is 70.4 Å². The average Bonchev–Trinajstić information content (AvgIpc) is 3.20. The van der Waals surface area contributed by atoms with Crippen molar-refractivity contribution in [2.75, 3.05) is 13.1 Å². The fourth-order valence-corrected chi connectivity index (χ4v) is 4.35. The molecule has 0 spiro atoms. The molecule has 27 heavy (non-hydrogen) atoms. The van der Waals surface area contributed by atoms with Crippen molar-refractivity contribution in [3.8, 4) is 0 Å². The highest BCUT2D eigenvalue weighted by Crippen LogP contribution is 2.36. The van der Waals surface area contributed by atoms with Crippen LogP contribution >= 0.6 is 0 Å². The molecule has 2 aromatic rings. The Kier molecular flexibility index (Phi) is 4.74. The molecule has 3 heterocycles. The molecule has 1 aromatic carbocycles. The van der Waals surface area contributed by atoms with Crippen LogP contribution in [0.1, 0.15) is 40.6 Å². The number of hydrogen-bond acceptors (Lipinski definition) is 5. The zero-order valence-corrected chi connectivity index (χ0v) is 15.9. The number of carbonyl (C=O) groups excluding carboxylic acids is 1. The van der Waals surface area contributed by atoms with Crippen LogP contribution in [0.15, 0.2) is 22.7 Å². The van der Waals surface area contributed by atoms with E-state index in [0.29, 0.717) is 24.6 Å². The first kappa shape index (κ1) is 18.1. The molecule has 2 aliphatic heterocycles. The molecule has 6 nitrogen and oxygen atoms in total. The van der Waals surface area contributed by atoms with E-state index in [1.807, 2.05) is 18.7 Å². The molecule has 0 saturated carbocycles. The number of hydrogen-bond donors (Lipinski definition) is 2. The Morgan fingerprint density at radius 2 is 2.15 bits per heavy atom. The summed E-state index contributed by atoms with van der Waals surface area (Å²) in [5.74, 6) is 0.924. The molecular formula is C20H25FN4O2. The molecule has 2 N–H and O–H groups in total. The number of benzene rings is 1. The van der Waals surface area contributed by atoms with Gasteiger partial charge in [0.2, 0.25) is 5.91 Å². The zero-order valence-electron chi connectivity index (χ0n) is 15.9. The molecule has 2 aliphatic rings. The van der Waals surface area contributed by atoms with Crippen LogP contribution in [0.3, 0.4) is 0 Å². The van der Waals surface area contributed by atoms with Gasteiger partial charge < -0.3 is 9.42 Å². The van der Waals surface area contributed by atoms with Gasteiger partial charge in [0.05, 0.1) is 18.2 Å². The van der Waals surface area contributed by atoms with Gasteiger partial charge in [0.1, 0.15) is 11.6 Å². The lowest BCUT2D eigenvalue weighted by Gasteiger charge is -2.36. The maximum atomic E-state index is 13.5. The van der Waals surface area contributed by atoms with Crippen molar-refractivity contribution in [1.29, 1.82) is 0 Å². The smallest absolute Gasteiger partial charge is 0.227 e. The Labute approximate surface area is 158 Å². The second-order valence-electron chi connectivity index (χ2n) is 7.66. The average molecular weight is 372 g/mol. The van der Waals surface area contributed by atoms with Gasteiger partial charge in [-0.25, -0.2) is 9.82 Å². The summed E-state index contributed by atoms with van der Waals surface area (Å²) in [4.78, 5) is 14.8. The predicted molar refractivity (Wildman–Crippen MR) is 98.3 cm³/mol. The van der Waals surface area contributed by atoms with Crippen LogP contribution in [0, 0.1) is 32.5 Å². The Morgan fingerprint density at radius 1 is 1.33 bits per heavy atom. The maximum absolute atomic E-state index is 13.5. The number of rotatable bonds is 3. The summed E-state index contributed by atoms with van der Waals surface area (Å²) in [7, 11) is 0. The molecule has 3 atom stereocenters. The lowest BCUT2D eigenvalue weighted by molar-refractivity contribution is -0.132. The molecule has 1 amide bonds. The number of likely N-dealkylation sites (tertiary alicyclic amines) is 1. The van der Waals surface area contributed by atoms with E-state index in [2.05, 4.69) is 16.0 Å². The fourth-order valence-electron chi connectivity index (χ4n) is 4.35. The van der Waals surface area contributed by atoms with Gasteiger partial charge in [0.25, 0.3) is 0 Å². The summed E-state index contributed by atoms with van der Waals surface area (Å²) in [6.07, 6.45) is 1.20. The Bertz CT molecular complexity index is 846. The third kappa shape index (κ3) is 3.37. The third-order valence-corrected chi connectivity index (χ3v) is 5.84. The maximum Gasteiger partial charge on any atom is 0.227 e. The fraction of sp³-hybridized carbons (Fsp3) is 0.500. The van der Waals surface area contributed by atoms with E-state index >= 15 is 0 Å². The van der Waals surface area contributed by atoms with Crippen LogP contribution in [-0.4, -0.2) is 35.1 Å². The van der Waals surface area contributed by atoms with Crippen LogP contribution in [-0.2, 0) is 11.2 Å². The molecule has 0 aliphatic carbocycles. The van der Waals surface area contributed by atoms with Gasteiger partial charge in [-0.2, -0.15) is 0 Å². The normalized spacial score (nSPS) is 24.9. The summed E-state index contributed by atoms with van der Waals surface area (Å²) in [5.41, 5.74) is 10.1. The van der Waals surface area contributed by atoms with E-state index in [1.165, 1.54) is 6.07 Å². The Morgan fingerprint density at radius 3 is 2.85 bits per heavy atom. The summed E-state index contributed by atoms with van der Waals surface area (Å²) in [6.45, 7) is 7.00. The third-order valence-electron chi connectivity index (χ3n) is 5.84. The molecule has 0 bridgehead atoms. The molecule has 0 radical (unpaired) electrons. The first-order valence-electron chi connectivity index (χ1n) is 9.40. The number of hydrazine groups is 1. The van der Waals surface area contributed by atoms with Crippen molar-refractivity contribution < 1.29 is 13.7 Å². The molecule has 144 valence electrons. The number of nitrogens with zero attached hydrogens (tertiary/aromatic N) is 2. The van der Waals surface area contributed by atoms with Gasteiger partial charge in [0, 0.05) is 30.6 Å². The molecular weight excluding hydrogens is 347 g/mol. The van der Waals surface area contributed by atoms with Crippen molar-refractivity contribution >= 4 is 5.91 Å². The second-order valence-corrected chi connectivity index (χ2v) is 7.66. The van der Waals surface area contributed by atoms with E-state index in [0.717, 1.165) is 35.5 Å². The predicted octanol–water partition coefficient (Wildman–Crippen LogP) is 2.35. The van der Waals surface area contributed by atoms with E-state index in [1.54, 1.807) is 19.1 Å². The number of aryl methyl sites for hydroxylation is 3. The van der Waals surface area contributed by atoms with Crippen LogP contribution in [0.25, 0.3) is 0 Å². The lowest BCUT2D eigenvalue weighted by atomic mass is 9.84. The number of nitrogens with one attached hydrogen (secondary N) is 2. The summed E-state index contributed by atoms with van der Waals surface area (Å²) in [6, 6.07) is 5.28. The van der Waals surface area contributed by atoms with Crippen LogP contribution in [0.4, 0.5) is 4.39 Å². The molecule has 1 aromatic heterocycles. The van der Waals surface area contributed by atoms with Crippen molar-refractivity contribution in [2.45, 2.75) is 45.7 Å². The Balaban J connectivity index is 1.48. The van der Waals surface area contributed by atoms with Crippen LogP contribution in [0.5, 0.6) is 0 Å². The highest BCUT2D eigenvalue weighted by Gasteiger charge is 2.43. The van der Waals surface area contributed by atoms with Crippen molar-refractivity contribution in [3.63, 3.8) is 0 Å². The first-order valence-corrected chi connectivity index (χ1v) is 9.40. The van der Waals surface area contributed by atoms with Gasteiger partial charge >= 0.3 is 0 Å². The summed E-state index contributed by atoms with van der Waals surface area (Å²) in [5, 5.41) is 4.07. The minimum Gasteiger partial charge on any atom is -0.361 e. The molecule has 2 saturated heterocycles. The minimum absolute atomic E-state index is 0.0740. The van der Waals surface area contributed by atoms with Crippen molar-refractivity contribution in [2.24, 2.45) is 5.92 Å². The Hall–Kier alpha value is -2.25. The standard InChI is InChI=1S/C20H25FN4O2/c1-11-8-14(4-5-16(11)21)9-18(26)25-7-6-17-15(10-25)20(23-22-17)19-12(2)24-27-13(19)3/h4-5,8,15,17,20,22-23H,6-7,9-10H2,1-3H3.